The summed E-state index contributed by atoms with van der Waals surface area (Å²) in [5, 5.41) is 0. The summed E-state index contributed by atoms with van der Waals surface area (Å²) >= 11 is 0. The Labute approximate surface area is 186 Å². The van der Waals surface area contributed by atoms with Crippen molar-refractivity contribution in [2.45, 2.75) is 17.7 Å². The number of carbonyl (C=O) groups excluding carboxylic acids is 1. The number of nitrogens with one attached hydrogen (secondary N) is 1. The highest BCUT2D eigenvalue weighted by atomic mass is 32.2. The molecule has 1 saturated carbocycles. The largest absolute Gasteiger partial charge is 0.454 e. The predicted octanol–water partition coefficient (Wildman–Crippen LogP) is 4.07. The molecule has 5 rings (SSSR count). The molecule has 1 fully saturated rings. The van der Waals surface area contributed by atoms with Gasteiger partial charge < -0.3 is 9.47 Å². The maximum absolute atomic E-state index is 13.2. The fourth-order valence-electron chi connectivity index (χ4n) is 3.71. The minimum absolute atomic E-state index is 0.0233. The molecule has 8 heteroatoms. The number of fused-ring (bicyclic) bond motifs is 1. The van der Waals surface area contributed by atoms with E-state index >= 15 is 0 Å². The average Bonchev–Trinajstić information content (AvgIpc) is 3.57. The van der Waals surface area contributed by atoms with Crippen molar-refractivity contribution in [1.29, 1.82) is 0 Å². The molecule has 0 atom stereocenters. The number of nitrogens with zero attached hydrogens (tertiary/aromatic N) is 1. The van der Waals surface area contributed by atoms with Crippen molar-refractivity contribution in [2.75, 3.05) is 18.7 Å². The Morgan fingerprint density at radius 3 is 2.34 bits per heavy atom. The third-order valence-electron chi connectivity index (χ3n) is 5.63. The fraction of sp³-hybridized carbons (Fsp3) is 0.208. The minimum atomic E-state index is -3.50. The van der Waals surface area contributed by atoms with Crippen molar-refractivity contribution in [3.63, 3.8) is 0 Å². The van der Waals surface area contributed by atoms with Gasteiger partial charge in [0.15, 0.2) is 11.5 Å². The Morgan fingerprint density at radius 2 is 1.62 bits per heavy atom. The summed E-state index contributed by atoms with van der Waals surface area (Å²) in [5.74, 6) is 1.36. The van der Waals surface area contributed by atoms with Gasteiger partial charge in [-0.1, -0.05) is 24.3 Å². The zero-order chi connectivity index (χ0) is 22.3. The van der Waals surface area contributed by atoms with E-state index in [1.54, 1.807) is 29.2 Å². The average molecular weight is 451 g/mol. The molecule has 1 heterocycles. The standard InChI is InChI=1S/C24H22N2O5S/c1-25-32(28,29)21-10-7-16(8-11-21)18-3-2-4-19(13-18)26(24(27)17-5-6-17)20-9-12-22-23(14-20)31-15-30-22/h2-4,7-14,17,25H,5-6,15H2,1H3. The van der Waals surface area contributed by atoms with E-state index in [0.29, 0.717) is 11.5 Å². The lowest BCUT2D eigenvalue weighted by molar-refractivity contribution is -0.119. The van der Waals surface area contributed by atoms with Crippen LogP contribution in [0.1, 0.15) is 12.8 Å². The van der Waals surface area contributed by atoms with E-state index in [2.05, 4.69) is 4.72 Å². The monoisotopic (exact) mass is 450 g/mol. The minimum Gasteiger partial charge on any atom is -0.454 e. The van der Waals surface area contributed by atoms with Gasteiger partial charge in [-0.25, -0.2) is 13.1 Å². The van der Waals surface area contributed by atoms with Crippen LogP contribution in [-0.4, -0.2) is 28.2 Å². The molecule has 3 aromatic rings. The van der Waals surface area contributed by atoms with Gasteiger partial charge in [0.25, 0.3) is 0 Å². The Kier molecular flexibility index (Phi) is 5.11. The molecule has 1 amide bonds. The van der Waals surface area contributed by atoms with Crippen LogP contribution in [0.5, 0.6) is 11.5 Å². The highest BCUT2D eigenvalue weighted by molar-refractivity contribution is 7.89. The second-order valence-electron chi connectivity index (χ2n) is 7.77. The number of hydrogen-bond acceptors (Lipinski definition) is 5. The first-order valence-electron chi connectivity index (χ1n) is 10.3. The van der Waals surface area contributed by atoms with E-state index in [9.17, 15) is 13.2 Å². The van der Waals surface area contributed by atoms with Crippen LogP contribution in [0.3, 0.4) is 0 Å². The normalized spacial score (nSPS) is 14.9. The van der Waals surface area contributed by atoms with Gasteiger partial charge in [-0.15, -0.1) is 0 Å². The van der Waals surface area contributed by atoms with Crippen molar-refractivity contribution in [2.24, 2.45) is 5.92 Å². The molecular formula is C24H22N2O5S. The van der Waals surface area contributed by atoms with Crippen LogP contribution in [0, 0.1) is 5.92 Å². The van der Waals surface area contributed by atoms with E-state index in [1.165, 1.54) is 7.05 Å². The number of rotatable bonds is 6. The molecule has 1 aliphatic heterocycles. The molecule has 2 aliphatic rings. The first kappa shape index (κ1) is 20.5. The quantitative estimate of drug-likeness (QED) is 0.612. The molecule has 0 radical (unpaired) electrons. The lowest BCUT2D eigenvalue weighted by Gasteiger charge is -2.24. The lowest BCUT2D eigenvalue weighted by atomic mass is 10.0. The summed E-state index contributed by atoms with van der Waals surface area (Å²) in [6.45, 7) is 0.171. The predicted molar refractivity (Wildman–Crippen MR) is 121 cm³/mol. The fourth-order valence-corrected chi connectivity index (χ4v) is 4.44. The molecule has 0 aromatic heterocycles. The van der Waals surface area contributed by atoms with Gasteiger partial charge in [0.2, 0.25) is 22.7 Å². The molecule has 32 heavy (non-hydrogen) atoms. The maximum atomic E-state index is 13.2. The second-order valence-corrected chi connectivity index (χ2v) is 9.65. The van der Waals surface area contributed by atoms with Gasteiger partial charge in [-0.3, -0.25) is 9.69 Å². The number of carbonyl (C=O) groups is 1. The number of hydrogen-bond donors (Lipinski definition) is 1. The first-order valence-corrected chi connectivity index (χ1v) is 11.8. The summed E-state index contributed by atoms with van der Waals surface area (Å²) in [7, 11) is -2.12. The van der Waals surface area contributed by atoms with Gasteiger partial charge in [0.05, 0.1) is 10.6 Å². The molecule has 0 spiro atoms. The van der Waals surface area contributed by atoms with Crippen LogP contribution in [0.15, 0.2) is 71.6 Å². The van der Waals surface area contributed by atoms with Gasteiger partial charge in [0, 0.05) is 17.7 Å². The summed E-state index contributed by atoms with van der Waals surface area (Å²) < 4.78 is 37.2. The molecule has 7 nitrogen and oxygen atoms in total. The van der Waals surface area contributed by atoms with Crippen molar-refractivity contribution >= 4 is 27.3 Å². The van der Waals surface area contributed by atoms with Crippen molar-refractivity contribution < 1.29 is 22.7 Å². The van der Waals surface area contributed by atoms with Crippen molar-refractivity contribution in [3.8, 4) is 22.6 Å². The summed E-state index contributed by atoms with van der Waals surface area (Å²) in [6, 6.07) is 19.8. The molecule has 1 N–H and O–H groups in total. The smallest absolute Gasteiger partial charge is 0.240 e. The highest BCUT2D eigenvalue weighted by Gasteiger charge is 2.35. The molecule has 164 valence electrons. The number of sulfonamides is 1. The van der Waals surface area contributed by atoms with Crippen LogP contribution < -0.4 is 19.1 Å². The summed E-state index contributed by atoms with van der Waals surface area (Å²) in [4.78, 5) is 15.1. The number of benzene rings is 3. The molecule has 0 bridgehead atoms. The number of amides is 1. The van der Waals surface area contributed by atoms with Crippen LogP contribution >= 0.6 is 0 Å². The van der Waals surface area contributed by atoms with E-state index < -0.39 is 10.0 Å². The van der Waals surface area contributed by atoms with E-state index in [0.717, 1.165) is 35.3 Å². The van der Waals surface area contributed by atoms with Crippen LogP contribution in [0.25, 0.3) is 11.1 Å². The maximum Gasteiger partial charge on any atom is 0.240 e. The zero-order valence-corrected chi connectivity index (χ0v) is 18.3. The molecular weight excluding hydrogens is 428 g/mol. The highest BCUT2D eigenvalue weighted by Crippen LogP contribution is 2.41. The first-order chi connectivity index (χ1) is 15.5. The van der Waals surface area contributed by atoms with Crippen molar-refractivity contribution in [3.05, 3.63) is 66.7 Å². The van der Waals surface area contributed by atoms with E-state index in [1.807, 2.05) is 42.5 Å². The topological polar surface area (TPSA) is 84.9 Å². The number of ether oxygens (including phenoxy) is 2. The van der Waals surface area contributed by atoms with Gasteiger partial charge in [0.1, 0.15) is 0 Å². The van der Waals surface area contributed by atoms with Crippen LogP contribution in [0.2, 0.25) is 0 Å². The third-order valence-corrected chi connectivity index (χ3v) is 7.06. The SMILES string of the molecule is CNS(=O)(=O)c1ccc(-c2cccc(N(C(=O)C3CC3)c3ccc4c(c3)OCO4)c2)cc1. The lowest BCUT2D eigenvalue weighted by Crippen LogP contribution is -2.27. The van der Waals surface area contributed by atoms with Crippen LogP contribution in [0.4, 0.5) is 11.4 Å². The Hall–Kier alpha value is -3.36. The molecule has 0 unspecified atom stereocenters. The van der Waals surface area contributed by atoms with Crippen molar-refractivity contribution in [1.82, 2.24) is 4.72 Å². The Balaban J connectivity index is 1.52. The number of anilines is 2. The zero-order valence-electron chi connectivity index (χ0n) is 17.4. The van der Waals surface area contributed by atoms with Gasteiger partial charge >= 0.3 is 0 Å². The van der Waals surface area contributed by atoms with Crippen LogP contribution in [-0.2, 0) is 14.8 Å². The van der Waals surface area contributed by atoms with Gasteiger partial charge in [-0.2, -0.15) is 0 Å². The molecule has 1 aliphatic carbocycles. The molecule has 3 aromatic carbocycles. The molecule has 0 saturated heterocycles. The summed E-state index contributed by atoms with van der Waals surface area (Å²) in [5.41, 5.74) is 3.20. The Bertz CT molecular complexity index is 1280. The second kappa shape index (κ2) is 7.96. The summed E-state index contributed by atoms with van der Waals surface area (Å²) in [6.07, 6.45) is 1.78. The van der Waals surface area contributed by atoms with E-state index in [4.69, 9.17) is 9.47 Å². The third kappa shape index (κ3) is 3.83. The Morgan fingerprint density at radius 1 is 0.906 bits per heavy atom. The van der Waals surface area contributed by atoms with E-state index in [-0.39, 0.29) is 23.5 Å². The van der Waals surface area contributed by atoms with Gasteiger partial charge in [-0.05, 0) is 67.4 Å².